The Morgan fingerprint density at radius 2 is 1.62 bits per heavy atom. The van der Waals surface area contributed by atoms with E-state index in [1.54, 1.807) is 0 Å². The number of aryl methyl sites for hydroxylation is 3. The van der Waals surface area contributed by atoms with Crippen molar-refractivity contribution in [3.63, 3.8) is 0 Å². The summed E-state index contributed by atoms with van der Waals surface area (Å²) in [4.78, 5) is 0. The largest absolute Gasteiger partial charge is 0.367 e. The lowest BCUT2D eigenvalue weighted by Gasteiger charge is -2.09. The normalized spacial score (nSPS) is 10.8. The van der Waals surface area contributed by atoms with Gasteiger partial charge in [-0.2, -0.15) is 0 Å². The van der Waals surface area contributed by atoms with Gasteiger partial charge in [0.15, 0.2) is 0 Å². The van der Waals surface area contributed by atoms with Crippen LogP contribution in [0.4, 0.5) is 5.88 Å². The molecule has 1 aromatic heterocycles. The molecule has 21 heavy (non-hydrogen) atoms. The van der Waals surface area contributed by atoms with Crippen LogP contribution in [0.1, 0.15) is 16.7 Å². The third-order valence-corrected chi connectivity index (χ3v) is 3.78. The van der Waals surface area contributed by atoms with Crippen LogP contribution in [-0.4, -0.2) is 5.16 Å². The fourth-order valence-electron chi connectivity index (χ4n) is 2.59. The van der Waals surface area contributed by atoms with Crippen molar-refractivity contribution in [2.75, 3.05) is 5.73 Å². The van der Waals surface area contributed by atoms with Gasteiger partial charge in [0, 0.05) is 5.56 Å². The molecule has 2 aromatic carbocycles. The molecule has 0 aliphatic heterocycles. The van der Waals surface area contributed by atoms with Gasteiger partial charge in [-0.15, -0.1) is 0 Å². The first kappa shape index (κ1) is 13.4. The molecule has 0 aliphatic carbocycles. The Labute approximate surface area is 124 Å². The molecule has 0 unspecified atom stereocenters. The van der Waals surface area contributed by atoms with E-state index in [2.05, 4.69) is 50.2 Å². The molecule has 0 amide bonds. The SMILES string of the molecule is Cc1ccc(C)c(-c2noc(N)c2-c2ccccc2C)c1. The Kier molecular flexibility index (Phi) is 3.26. The third kappa shape index (κ3) is 2.31. The van der Waals surface area contributed by atoms with Crippen molar-refractivity contribution in [1.82, 2.24) is 5.16 Å². The van der Waals surface area contributed by atoms with E-state index in [9.17, 15) is 0 Å². The van der Waals surface area contributed by atoms with E-state index in [0.717, 1.165) is 33.5 Å². The number of aromatic nitrogens is 1. The topological polar surface area (TPSA) is 52.0 Å². The third-order valence-electron chi connectivity index (χ3n) is 3.78. The Morgan fingerprint density at radius 1 is 0.905 bits per heavy atom. The maximum Gasteiger partial charge on any atom is 0.230 e. The monoisotopic (exact) mass is 278 g/mol. The summed E-state index contributed by atoms with van der Waals surface area (Å²) in [7, 11) is 0. The van der Waals surface area contributed by atoms with Gasteiger partial charge in [-0.3, -0.25) is 0 Å². The molecule has 0 aliphatic rings. The highest BCUT2D eigenvalue weighted by atomic mass is 16.5. The average molecular weight is 278 g/mol. The Bertz CT molecular complexity index is 803. The van der Waals surface area contributed by atoms with Crippen molar-refractivity contribution < 1.29 is 4.52 Å². The number of hydrogen-bond donors (Lipinski definition) is 1. The number of nitrogens with two attached hydrogens (primary N) is 1. The second kappa shape index (κ2) is 5.09. The van der Waals surface area contributed by atoms with Crippen molar-refractivity contribution in [3.05, 3.63) is 59.2 Å². The Balaban J connectivity index is 2.27. The van der Waals surface area contributed by atoms with Gasteiger partial charge in [0.25, 0.3) is 0 Å². The number of nitrogen functional groups attached to an aromatic ring is 1. The van der Waals surface area contributed by atoms with Crippen molar-refractivity contribution in [2.45, 2.75) is 20.8 Å². The van der Waals surface area contributed by atoms with Crippen LogP contribution in [-0.2, 0) is 0 Å². The van der Waals surface area contributed by atoms with Crippen molar-refractivity contribution >= 4 is 5.88 Å². The molecule has 3 rings (SSSR count). The summed E-state index contributed by atoms with van der Waals surface area (Å²) < 4.78 is 5.28. The van der Waals surface area contributed by atoms with Gasteiger partial charge in [-0.1, -0.05) is 47.1 Å². The van der Waals surface area contributed by atoms with Crippen LogP contribution < -0.4 is 5.73 Å². The van der Waals surface area contributed by atoms with Crippen LogP contribution in [0.5, 0.6) is 0 Å². The predicted octanol–water partition coefficient (Wildman–Crippen LogP) is 4.52. The van der Waals surface area contributed by atoms with E-state index >= 15 is 0 Å². The van der Waals surface area contributed by atoms with Gasteiger partial charge < -0.3 is 10.3 Å². The molecule has 3 heteroatoms. The van der Waals surface area contributed by atoms with Crippen molar-refractivity contribution in [2.24, 2.45) is 0 Å². The van der Waals surface area contributed by atoms with Crippen LogP contribution in [0.2, 0.25) is 0 Å². The molecule has 0 fully saturated rings. The minimum absolute atomic E-state index is 0.361. The molecule has 3 aromatic rings. The van der Waals surface area contributed by atoms with Crippen LogP contribution in [0.3, 0.4) is 0 Å². The summed E-state index contributed by atoms with van der Waals surface area (Å²) >= 11 is 0. The lowest BCUT2D eigenvalue weighted by molar-refractivity contribution is 0.439. The van der Waals surface area contributed by atoms with E-state index in [-0.39, 0.29) is 0 Å². The fourth-order valence-corrected chi connectivity index (χ4v) is 2.59. The van der Waals surface area contributed by atoms with Crippen molar-refractivity contribution in [3.8, 4) is 22.4 Å². The van der Waals surface area contributed by atoms with Crippen LogP contribution in [0.25, 0.3) is 22.4 Å². The van der Waals surface area contributed by atoms with E-state index in [1.807, 2.05) is 18.2 Å². The summed E-state index contributed by atoms with van der Waals surface area (Å²) in [5, 5.41) is 4.21. The molecule has 0 radical (unpaired) electrons. The lowest BCUT2D eigenvalue weighted by Crippen LogP contribution is -1.92. The molecule has 0 saturated carbocycles. The molecule has 3 nitrogen and oxygen atoms in total. The van der Waals surface area contributed by atoms with E-state index in [1.165, 1.54) is 5.56 Å². The van der Waals surface area contributed by atoms with Crippen molar-refractivity contribution in [1.29, 1.82) is 0 Å². The predicted molar refractivity (Wildman–Crippen MR) is 86.0 cm³/mol. The smallest absolute Gasteiger partial charge is 0.230 e. The first-order chi connectivity index (χ1) is 10.1. The van der Waals surface area contributed by atoms with Crippen LogP contribution in [0, 0.1) is 20.8 Å². The molecule has 0 bridgehead atoms. The highest BCUT2D eigenvalue weighted by Crippen LogP contribution is 2.38. The summed E-state index contributed by atoms with van der Waals surface area (Å²) in [6, 6.07) is 14.4. The number of anilines is 1. The molecule has 0 saturated heterocycles. The fraction of sp³-hybridized carbons (Fsp3) is 0.167. The van der Waals surface area contributed by atoms with Crippen LogP contribution >= 0.6 is 0 Å². The first-order valence-electron chi connectivity index (χ1n) is 6.96. The number of nitrogens with zero attached hydrogens (tertiary/aromatic N) is 1. The van der Waals surface area contributed by atoms with Crippen LogP contribution in [0.15, 0.2) is 47.0 Å². The molecular formula is C18H18N2O. The summed E-state index contributed by atoms with van der Waals surface area (Å²) in [6.07, 6.45) is 0. The summed E-state index contributed by atoms with van der Waals surface area (Å²) in [6.45, 7) is 6.20. The minimum Gasteiger partial charge on any atom is -0.367 e. The van der Waals surface area contributed by atoms with E-state index in [0.29, 0.717) is 5.88 Å². The van der Waals surface area contributed by atoms with E-state index < -0.39 is 0 Å². The Morgan fingerprint density at radius 3 is 2.38 bits per heavy atom. The zero-order chi connectivity index (χ0) is 15.0. The van der Waals surface area contributed by atoms with Gasteiger partial charge in [-0.25, -0.2) is 0 Å². The molecule has 0 spiro atoms. The number of rotatable bonds is 2. The van der Waals surface area contributed by atoms with Gasteiger partial charge in [0.2, 0.25) is 5.88 Å². The molecule has 1 heterocycles. The molecule has 0 atom stereocenters. The second-order valence-corrected chi connectivity index (χ2v) is 5.40. The maximum atomic E-state index is 6.04. The standard InChI is InChI=1S/C18H18N2O/c1-11-8-9-13(3)15(10-11)17-16(18(19)21-20-17)14-7-5-4-6-12(14)2/h4-10H,19H2,1-3H3. The zero-order valence-electron chi connectivity index (χ0n) is 12.5. The number of hydrogen-bond acceptors (Lipinski definition) is 3. The first-order valence-corrected chi connectivity index (χ1v) is 6.96. The van der Waals surface area contributed by atoms with Gasteiger partial charge in [-0.05, 0) is 43.5 Å². The lowest BCUT2D eigenvalue weighted by atomic mass is 9.94. The minimum atomic E-state index is 0.361. The maximum absolute atomic E-state index is 6.04. The Hall–Kier alpha value is -2.55. The molecular weight excluding hydrogens is 260 g/mol. The average Bonchev–Trinajstić information content (AvgIpc) is 2.84. The second-order valence-electron chi connectivity index (χ2n) is 5.40. The molecule has 2 N–H and O–H groups in total. The van der Waals surface area contributed by atoms with E-state index in [4.69, 9.17) is 10.3 Å². The van der Waals surface area contributed by atoms with Gasteiger partial charge in [0.1, 0.15) is 5.69 Å². The molecule has 106 valence electrons. The van der Waals surface area contributed by atoms with Gasteiger partial charge >= 0.3 is 0 Å². The zero-order valence-corrected chi connectivity index (χ0v) is 12.5. The van der Waals surface area contributed by atoms with Gasteiger partial charge in [0.05, 0.1) is 5.56 Å². The highest BCUT2D eigenvalue weighted by molar-refractivity contribution is 5.89. The summed E-state index contributed by atoms with van der Waals surface area (Å²) in [5.74, 6) is 0.361. The number of benzene rings is 2. The summed E-state index contributed by atoms with van der Waals surface area (Å²) in [5.41, 5.74) is 13.3. The quantitative estimate of drug-likeness (QED) is 0.750. The highest BCUT2D eigenvalue weighted by Gasteiger charge is 2.19.